The van der Waals surface area contributed by atoms with Crippen molar-refractivity contribution in [2.24, 2.45) is 0 Å². The minimum Gasteiger partial charge on any atom is -0.508 e. The second kappa shape index (κ2) is 10.7. The number of carbonyl (C=O) groups excluding carboxylic acids is 1. The predicted octanol–water partition coefficient (Wildman–Crippen LogP) is 8.00. The molecule has 0 spiro atoms. The molecule has 7 heteroatoms. The smallest absolute Gasteiger partial charge is 0.255 e. The van der Waals surface area contributed by atoms with Gasteiger partial charge < -0.3 is 15.3 Å². The van der Waals surface area contributed by atoms with Gasteiger partial charge in [0.05, 0.1) is 17.6 Å². The molecule has 1 aromatic heterocycles. The van der Waals surface area contributed by atoms with Crippen LogP contribution in [0.4, 0.5) is 17.1 Å². The minimum absolute atomic E-state index is 0.129. The third kappa shape index (κ3) is 5.77. The summed E-state index contributed by atoms with van der Waals surface area (Å²) in [4.78, 5) is 19.3. The second-order valence-electron chi connectivity index (χ2n) is 8.13. The van der Waals surface area contributed by atoms with Gasteiger partial charge in [-0.15, -0.1) is 0 Å². The number of rotatable bonds is 7. The molecule has 2 N–H and O–H groups in total. The summed E-state index contributed by atoms with van der Waals surface area (Å²) in [5.74, 6) is -0.460. The first-order valence-corrected chi connectivity index (χ1v) is 11.7. The first kappa shape index (κ1) is 25.0. The summed E-state index contributed by atoms with van der Waals surface area (Å²) in [5, 5.41) is 14.0. The van der Waals surface area contributed by atoms with Crippen molar-refractivity contribution < 1.29 is 9.90 Å². The number of amides is 1. The maximum absolute atomic E-state index is 12.7. The highest BCUT2D eigenvalue weighted by atomic mass is 35.5. The molecule has 0 fully saturated rings. The summed E-state index contributed by atoms with van der Waals surface area (Å²) in [6.07, 6.45) is 1.76. The molecule has 0 aliphatic rings. The van der Waals surface area contributed by atoms with Crippen LogP contribution in [0.2, 0.25) is 10.0 Å². The number of hydrogen-bond acceptors (Lipinski definition) is 4. The summed E-state index contributed by atoms with van der Waals surface area (Å²) in [6, 6.07) is 23.2. The molecular formula is C29H23Cl2N3O2. The van der Waals surface area contributed by atoms with E-state index >= 15 is 0 Å². The van der Waals surface area contributed by atoms with Crippen molar-refractivity contribution >= 4 is 57.5 Å². The van der Waals surface area contributed by atoms with E-state index in [-0.39, 0.29) is 11.7 Å². The van der Waals surface area contributed by atoms with Gasteiger partial charge in [-0.2, -0.15) is 0 Å². The molecule has 4 rings (SSSR count). The summed E-state index contributed by atoms with van der Waals surface area (Å²) in [6.45, 7) is 7.82. The Bertz CT molecular complexity index is 1450. The summed E-state index contributed by atoms with van der Waals surface area (Å²) >= 11 is 12.0. The van der Waals surface area contributed by atoms with Crippen LogP contribution in [0.15, 0.2) is 98.2 Å². The molecule has 0 radical (unpaired) electrons. The molecule has 1 heterocycles. The Labute approximate surface area is 220 Å². The number of aromatic nitrogens is 1. The zero-order valence-electron chi connectivity index (χ0n) is 19.5. The van der Waals surface area contributed by atoms with Crippen LogP contribution >= 0.6 is 23.2 Å². The van der Waals surface area contributed by atoms with Crippen molar-refractivity contribution in [1.29, 1.82) is 0 Å². The number of nitrogens with zero attached hydrogens (tertiary/aromatic N) is 2. The van der Waals surface area contributed by atoms with Gasteiger partial charge in [-0.25, -0.2) is 0 Å². The maximum Gasteiger partial charge on any atom is 0.255 e. The van der Waals surface area contributed by atoms with E-state index in [9.17, 15) is 9.90 Å². The molecule has 4 aromatic rings. The monoisotopic (exact) mass is 515 g/mol. The van der Waals surface area contributed by atoms with Gasteiger partial charge in [-0.3, -0.25) is 9.78 Å². The van der Waals surface area contributed by atoms with Crippen LogP contribution in [-0.2, 0) is 0 Å². The number of halogens is 2. The number of aliphatic hydroxyl groups excluding tert-OH is 1. The van der Waals surface area contributed by atoms with E-state index in [1.165, 1.54) is 0 Å². The van der Waals surface area contributed by atoms with Crippen molar-refractivity contribution in [2.45, 2.75) is 0 Å². The van der Waals surface area contributed by atoms with E-state index in [1.54, 1.807) is 48.7 Å². The predicted molar refractivity (Wildman–Crippen MR) is 149 cm³/mol. The Morgan fingerprint density at radius 3 is 2.19 bits per heavy atom. The Morgan fingerprint density at radius 2 is 1.56 bits per heavy atom. The van der Waals surface area contributed by atoms with E-state index in [4.69, 9.17) is 23.2 Å². The van der Waals surface area contributed by atoms with E-state index in [2.05, 4.69) is 23.5 Å². The number of anilines is 3. The fraction of sp³-hybridized carbons (Fsp3) is 0.0345. The van der Waals surface area contributed by atoms with Crippen molar-refractivity contribution in [3.8, 4) is 0 Å². The first-order chi connectivity index (χ1) is 17.2. The van der Waals surface area contributed by atoms with E-state index < -0.39 is 0 Å². The largest absolute Gasteiger partial charge is 0.508 e. The van der Waals surface area contributed by atoms with Crippen molar-refractivity contribution in [3.63, 3.8) is 0 Å². The number of pyridine rings is 1. The molecule has 5 nitrogen and oxygen atoms in total. The van der Waals surface area contributed by atoms with Crippen LogP contribution in [0, 0.1) is 0 Å². The van der Waals surface area contributed by atoms with Gasteiger partial charge in [0.25, 0.3) is 5.91 Å². The highest BCUT2D eigenvalue weighted by molar-refractivity contribution is 6.31. The van der Waals surface area contributed by atoms with Crippen LogP contribution < -0.4 is 10.2 Å². The number of carbonyl (C=O) groups is 1. The third-order valence-electron chi connectivity index (χ3n) is 5.62. The standard InChI is InChI=1S/C29H23Cl2N3O2/c1-18(28-12-11-27(17-32-28)34(3)26-9-7-23(30)8-10-26)21-13-22(19(2)35)16-25(15-21)33-29(36)20-5-4-6-24(31)14-20/h4-17,35H,1-2H2,3H3,(H,33,36). The Balaban J connectivity index is 1.59. The van der Waals surface area contributed by atoms with Crippen LogP contribution in [0.1, 0.15) is 27.2 Å². The molecule has 36 heavy (non-hydrogen) atoms. The minimum atomic E-state index is -0.331. The molecule has 180 valence electrons. The van der Waals surface area contributed by atoms with E-state index in [1.807, 2.05) is 48.3 Å². The zero-order valence-corrected chi connectivity index (χ0v) is 21.0. The first-order valence-electron chi connectivity index (χ1n) is 11.0. The number of aliphatic hydroxyl groups is 1. The third-order valence-corrected chi connectivity index (χ3v) is 6.10. The highest BCUT2D eigenvalue weighted by Crippen LogP contribution is 2.29. The average molecular weight is 516 g/mol. The van der Waals surface area contributed by atoms with Crippen LogP contribution in [0.5, 0.6) is 0 Å². The van der Waals surface area contributed by atoms with Gasteiger partial charge in [0, 0.05) is 45.2 Å². The molecule has 0 bridgehead atoms. The van der Waals surface area contributed by atoms with Gasteiger partial charge >= 0.3 is 0 Å². The van der Waals surface area contributed by atoms with Crippen LogP contribution in [0.25, 0.3) is 11.3 Å². The maximum atomic E-state index is 12.7. The lowest BCUT2D eigenvalue weighted by atomic mass is 9.99. The highest BCUT2D eigenvalue weighted by Gasteiger charge is 2.13. The molecule has 3 aromatic carbocycles. The lowest BCUT2D eigenvalue weighted by Gasteiger charge is -2.19. The molecule has 0 saturated heterocycles. The normalized spacial score (nSPS) is 10.5. The van der Waals surface area contributed by atoms with Crippen molar-refractivity contribution in [3.05, 3.63) is 131 Å². The fourth-order valence-corrected chi connectivity index (χ4v) is 3.91. The average Bonchev–Trinajstić information content (AvgIpc) is 2.88. The fourth-order valence-electron chi connectivity index (χ4n) is 3.60. The molecule has 0 aliphatic heterocycles. The molecule has 0 atom stereocenters. The summed E-state index contributed by atoms with van der Waals surface area (Å²) in [7, 11) is 1.94. The van der Waals surface area contributed by atoms with Gasteiger partial charge in [0.2, 0.25) is 0 Å². The number of nitrogens with one attached hydrogen (secondary N) is 1. The SMILES string of the molecule is C=C(O)c1cc(NC(=O)c2cccc(Cl)c2)cc(C(=C)c2ccc(N(C)c3ccc(Cl)cc3)cn2)c1. The lowest BCUT2D eigenvalue weighted by molar-refractivity contribution is 0.102. The van der Waals surface area contributed by atoms with Gasteiger partial charge in [-0.05, 0) is 78.4 Å². The molecule has 0 saturated carbocycles. The molecular weight excluding hydrogens is 493 g/mol. The van der Waals surface area contributed by atoms with Crippen LogP contribution in [-0.4, -0.2) is 23.0 Å². The Hall–Kier alpha value is -4.06. The van der Waals surface area contributed by atoms with Crippen LogP contribution in [0.3, 0.4) is 0 Å². The summed E-state index contributed by atoms with van der Waals surface area (Å²) in [5.41, 5.74) is 5.15. The second-order valence-corrected chi connectivity index (χ2v) is 9.00. The molecule has 1 amide bonds. The van der Waals surface area contributed by atoms with Gasteiger partial charge in [-0.1, -0.05) is 42.4 Å². The molecule has 0 aliphatic carbocycles. The van der Waals surface area contributed by atoms with E-state index in [0.29, 0.717) is 43.7 Å². The van der Waals surface area contributed by atoms with Crippen molar-refractivity contribution in [2.75, 3.05) is 17.3 Å². The number of benzene rings is 3. The Kier molecular flexibility index (Phi) is 7.44. The topological polar surface area (TPSA) is 65.5 Å². The number of hydrogen-bond donors (Lipinski definition) is 2. The van der Waals surface area contributed by atoms with E-state index in [0.717, 1.165) is 11.4 Å². The van der Waals surface area contributed by atoms with Gasteiger partial charge in [0.1, 0.15) is 5.76 Å². The Morgan fingerprint density at radius 1 is 0.861 bits per heavy atom. The summed E-state index contributed by atoms with van der Waals surface area (Å²) < 4.78 is 0. The quantitative estimate of drug-likeness (QED) is 0.244. The molecule has 0 unspecified atom stereocenters. The van der Waals surface area contributed by atoms with Gasteiger partial charge in [0.15, 0.2) is 0 Å². The lowest BCUT2D eigenvalue weighted by Crippen LogP contribution is -2.12. The van der Waals surface area contributed by atoms with Crippen molar-refractivity contribution in [1.82, 2.24) is 4.98 Å². The zero-order chi connectivity index (χ0) is 25.8.